The van der Waals surface area contributed by atoms with Gasteiger partial charge < -0.3 is 20.8 Å². The van der Waals surface area contributed by atoms with Crippen molar-refractivity contribution < 1.29 is 19.4 Å². The van der Waals surface area contributed by atoms with Crippen molar-refractivity contribution in [2.24, 2.45) is 0 Å². The Morgan fingerprint density at radius 2 is 2.06 bits per heavy atom. The van der Waals surface area contributed by atoms with Crippen LogP contribution < -0.4 is 16.0 Å². The number of aliphatic hydroxyl groups excluding tert-OH is 2. The number of likely N-dealkylation sites (N-methyl/N-ethyl adjacent to an activating group) is 1. The number of nitrogens with one attached hydrogen (secondary N) is 3. The van der Waals surface area contributed by atoms with Gasteiger partial charge in [-0.2, -0.15) is 0 Å². The molecule has 4 aromatic heterocycles. The first kappa shape index (κ1) is 23.9. The summed E-state index contributed by atoms with van der Waals surface area (Å²) in [6.45, 7) is 0.252. The molecule has 0 unspecified atom stereocenters. The summed E-state index contributed by atoms with van der Waals surface area (Å²) in [5.41, 5.74) is 1.58. The first-order valence-corrected chi connectivity index (χ1v) is 11.3. The van der Waals surface area contributed by atoms with Gasteiger partial charge in [0.05, 0.1) is 24.8 Å². The minimum atomic E-state index is -1.37. The van der Waals surface area contributed by atoms with Gasteiger partial charge in [0.1, 0.15) is 30.2 Å². The number of carbonyl (C=O) groups is 1. The lowest BCUT2D eigenvalue weighted by atomic mass is 10.1. The number of amides is 1. The normalized spacial score (nSPS) is 21.6. The number of hydrogen-bond donors (Lipinski definition) is 5. The molecule has 0 spiro atoms. The van der Waals surface area contributed by atoms with Gasteiger partial charge in [-0.25, -0.2) is 19.3 Å². The number of aliphatic hydroxyl groups is 2. The number of aromatic nitrogens is 6. The Labute approximate surface area is 208 Å². The summed E-state index contributed by atoms with van der Waals surface area (Å²) in [6.07, 6.45) is 1.84. The second-order valence-electron chi connectivity index (χ2n) is 8.12. The summed E-state index contributed by atoms with van der Waals surface area (Å²) in [6, 6.07) is 3.55. The van der Waals surface area contributed by atoms with E-state index >= 15 is 0 Å². The Morgan fingerprint density at radius 1 is 1.22 bits per heavy atom. The van der Waals surface area contributed by atoms with Gasteiger partial charge in [0, 0.05) is 30.0 Å². The zero-order chi connectivity index (χ0) is 25.4. The van der Waals surface area contributed by atoms with E-state index in [0.29, 0.717) is 27.6 Å². The van der Waals surface area contributed by atoms with Crippen molar-refractivity contribution in [2.75, 3.05) is 12.4 Å². The van der Waals surface area contributed by atoms with Crippen LogP contribution in [0.1, 0.15) is 11.9 Å². The Bertz CT molecular complexity index is 1440. The van der Waals surface area contributed by atoms with Crippen LogP contribution in [0.2, 0.25) is 5.02 Å². The van der Waals surface area contributed by atoms with E-state index in [1.807, 2.05) is 0 Å². The van der Waals surface area contributed by atoms with E-state index in [2.05, 4.69) is 40.9 Å². The lowest BCUT2D eigenvalue weighted by Gasteiger charge is -2.18. The number of rotatable bonds is 6. The number of nitrogens with zero attached hydrogens (tertiary/aromatic N) is 6. The zero-order valence-corrected chi connectivity index (χ0v) is 19.6. The Balaban J connectivity index is 1.58. The SMILES string of the molecule is CNC(=O)[C@H]1N[C@@H](n2cnc3c(NCc4cc(Cl)ccn4)nc(-c4cncc(F)c4)nc32)[C@H](O)[C@@H]1O. The van der Waals surface area contributed by atoms with E-state index in [0.717, 1.165) is 6.20 Å². The number of imidazole rings is 1. The molecular formula is C22H21ClFN9O3. The van der Waals surface area contributed by atoms with E-state index in [1.165, 1.54) is 30.2 Å². The molecule has 5 rings (SSSR count). The van der Waals surface area contributed by atoms with Gasteiger partial charge in [0.25, 0.3) is 0 Å². The summed E-state index contributed by atoms with van der Waals surface area (Å²) >= 11 is 6.06. The average molecular weight is 514 g/mol. The van der Waals surface area contributed by atoms with Gasteiger partial charge in [0.2, 0.25) is 5.91 Å². The Kier molecular flexibility index (Phi) is 6.45. The molecule has 14 heteroatoms. The fraction of sp³-hybridized carbons (Fsp3) is 0.273. The molecule has 1 aliphatic heterocycles. The van der Waals surface area contributed by atoms with Gasteiger partial charge >= 0.3 is 0 Å². The third-order valence-corrected chi connectivity index (χ3v) is 6.03. The molecule has 1 fully saturated rings. The fourth-order valence-corrected chi connectivity index (χ4v) is 4.20. The molecule has 4 atom stereocenters. The van der Waals surface area contributed by atoms with Crippen molar-refractivity contribution in [1.29, 1.82) is 0 Å². The quantitative estimate of drug-likeness (QED) is 0.247. The second-order valence-corrected chi connectivity index (χ2v) is 8.55. The van der Waals surface area contributed by atoms with E-state index in [4.69, 9.17) is 11.6 Å². The highest BCUT2D eigenvalue weighted by Crippen LogP contribution is 2.30. The molecule has 1 aliphatic rings. The Hall–Kier alpha value is -3.78. The molecule has 0 aliphatic carbocycles. The summed E-state index contributed by atoms with van der Waals surface area (Å²) in [5, 5.41) is 30.2. The smallest absolute Gasteiger partial charge is 0.239 e. The van der Waals surface area contributed by atoms with E-state index in [-0.39, 0.29) is 18.0 Å². The van der Waals surface area contributed by atoms with Crippen LogP contribution in [0.25, 0.3) is 22.6 Å². The standard InChI is InChI=1S/C22H21ClFN9O3/c1-25-22(36)14-16(34)17(35)21(30-14)33-9-29-15-19(28-8-13-5-11(23)2-3-27-13)31-18(32-20(15)33)10-4-12(24)7-26-6-10/h2-7,9,14,16-17,21,30,34-35H,8H2,1H3,(H,25,36)(H,28,31,32)/t14-,16+,17+,21-/m0/s1. The summed E-state index contributed by atoms with van der Waals surface area (Å²) in [4.78, 5) is 33.7. The molecule has 4 aromatic rings. The average Bonchev–Trinajstić information content (AvgIpc) is 3.43. The third kappa shape index (κ3) is 4.44. The molecular weight excluding hydrogens is 493 g/mol. The molecule has 5 heterocycles. The first-order valence-electron chi connectivity index (χ1n) is 10.9. The summed E-state index contributed by atoms with van der Waals surface area (Å²) in [5.74, 6) is -0.581. The largest absolute Gasteiger partial charge is 0.388 e. The predicted octanol–water partition coefficient (Wildman–Crippen LogP) is 0.626. The maximum atomic E-state index is 13.9. The second kappa shape index (κ2) is 9.70. The number of fused-ring (bicyclic) bond motifs is 1. The monoisotopic (exact) mass is 513 g/mol. The van der Waals surface area contributed by atoms with Gasteiger partial charge in [-0.05, 0) is 18.2 Å². The van der Waals surface area contributed by atoms with E-state index in [1.54, 1.807) is 18.3 Å². The number of hydrogen-bond acceptors (Lipinski definition) is 10. The molecule has 1 amide bonds. The van der Waals surface area contributed by atoms with Gasteiger partial charge in [0.15, 0.2) is 22.8 Å². The lowest BCUT2D eigenvalue weighted by molar-refractivity contribution is -0.125. The van der Waals surface area contributed by atoms with Crippen LogP contribution in [0.5, 0.6) is 0 Å². The van der Waals surface area contributed by atoms with E-state index in [9.17, 15) is 19.4 Å². The molecule has 12 nitrogen and oxygen atoms in total. The van der Waals surface area contributed by atoms with Crippen molar-refractivity contribution in [3.63, 3.8) is 0 Å². The zero-order valence-electron chi connectivity index (χ0n) is 18.8. The van der Waals surface area contributed by atoms with Crippen molar-refractivity contribution >= 4 is 34.5 Å². The predicted molar refractivity (Wildman–Crippen MR) is 127 cm³/mol. The lowest BCUT2D eigenvalue weighted by Crippen LogP contribution is -2.45. The Morgan fingerprint density at radius 3 is 2.81 bits per heavy atom. The number of halogens is 2. The molecule has 186 valence electrons. The van der Waals surface area contributed by atoms with Gasteiger partial charge in [-0.3, -0.25) is 24.6 Å². The van der Waals surface area contributed by atoms with Crippen molar-refractivity contribution in [3.05, 3.63) is 59.7 Å². The van der Waals surface area contributed by atoms with Crippen LogP contribution in [-0.4, -0.2) is 70.9 Å². The maximum Gasteiger partial charge on any atom is 0.239 e. The minimum absolute atomic E-state index is 0.147. The molecule has 0 bridgehead atoms. The van der Waals surface area contributed by atoms with Crippen LogP contribution in [0, 0.1) is 5.82 Å². The molecule has 0 aromatic carbocycles. The van der Waals surface area contributed by atoms with Crippen LogP contribution in [-0.2, 0) is 11.3 Å². The molecule has 5 N–H and O–H groups in total. The van der Waals surface area contributed by atoms with Crippen LogP contribution >= 0.6 is 11.6 Å². The van der Waals surface area contributed by atoms with Crippen LogP contribution in [0.3, 0.4) is 0 Å². The molecule has 0 radical (unpaired) electrons. The number of anilines is 1. The fourth-order valence-electron chi connectivity index (χ4n) is 4.02. The van der Waals surface area contributed by atoms with Crippen molar-refractivity contribution in [1.82, 2.24) is 40.1 Å². The van der Waals surface area contributed by atoms with E-state index < -0.39 is 36.1 Å². The highest BCUT2D eigenvalue weighted by Gasteiger charge is 2.45. The topological polar surface area (TPSA) is 163 Å². The highest BCUT2D eigenvalue weighted by atomic mass is 35.5. The van der Waals surface area contributed by atoms with Gasteiger partial charge in [-0.15, -0.1) is 0 Å². The van der Waals surface area contributed by atoms with Gasteiger partial charge in [-0.1, -0.05) is 11.6 Å². The summed E-state index contributed by atoms with van der Waals surface area (Å²) < 4.78 is 15.4. The van der Waals surface area contributed by atoms with Crippen molar-refractivity contribution in [2.45, 2.75) is 31.0 Å². The van der Waals surface area contributed by atoms with Crippen molar-refractivity contribution in [3.8, 4) is 11.4 Å². The third-order valence-electron chi connectivity index (χ3n) is 5.79. The highest BCUT2D eigenvalue weighted by molar-refractivity contribution is 6.30. The summed E-state index contributed by atoms with van der Waals surface area (Å²) in [7, 11) is 1.43. The molecule has 0 saturated carbocycles. The molecule has 36 heavy (non-hydrogen) atoms. The van der Waals surface area contributed by atoms with Crippen LogP contribution in [0.4, 0.5) is 10.2 Å². The number of pyridine rings is 2. The molecule has 1 saturated heterocycles. The maximum absolute atomic E-state index is 13.9. The first-order chi connectivity index (χ1) is 17.4. The minimum Gasteiger partial charge on any atom is -0.388 e. The number of carbonyl (C=O) groups excluding carboxylic acids is 1. The van der Waals surface area contributed by atoms with Crippen LogP contribution in [0.15, 0.2) is 43.1 Å².